The molecule has 8 nitrogen and oxygen atoms in total. The molecule has 62 heavy (non-hydrogen) atoms. The van der Waals surface area contributed by atoms with E-state index in [0.717, 1.165) is 103 Å². The molecule has 2 amide bonds. The first-order valence-corrected chi connectivity index (χ1v) is 24.0. The molecular formula is C53H80ClN5O3. The van der Waals surface area contributed by atoms with Gasteiger partial charge in [-0.05, 0) is 116 Å². The first kappa shape index (κ1) is 52.2. The number of fused-ring (bicyclic) bond motifs is 1. The number of carbonyl (C=O) groups is 2. The number of benzene rings is 2. The second kappa shape index (κ2) is 25.2. The maximum atomic E-state index is 13.8. The summed E-state index contributed by atoms with van der Waals surface area (Å²) >= 11 is 7.23. The molecule has 9 heteroatoms. The highest BCUT2D eigenvalue weighted by molar-refractivity contribution is 6.36. The lowest BCUT2D eigenvalue weighted by molar-refractivity contribution is -0.126. The summed E-state index contributed by atoms with van der Waals surface area (Å²) in [4.78, 5) is 30.6. The number of nitrogens with zero attached hydrogens (tertiary/aromatic N) is 1. The van der Waals surface area contributed by atoms with Crippen LogP contribution < -0.4 is 26.4 Å². The maximum absolute atomic E-state index is 13.8. The predicted molar refractivity (Wildman–Crippen MR) is 264 cm³/mol. The number of methoxy groups -OCH3 is 1. The van der Waals surface area contributed by atoms with E-state index in [1.54, 1.807) is 13.2 Å². The molecule has 0 spiro atoms. The van der Waals surface area contributed by atoms with E-state index >= 15 is 0 Å². The van der Waals surface area contributed by atoms with E-state index < -0.39 is 0 Å². The number of aryl methyl sites for hydroxylation is 1. The van der Waals surface area contributed by atoms with Crippen LogP contribution in [-0.4, -0.2) is 43.0 Å². The van der Waals surface area contributed by atoms with Crippen LogP contribution in [0.2, 0.25) is 5.02 Å². The standard InChI is InChI=1S/C36H43ClN4O2.C15H31NO.C2H6/c1-6-21(2)32-25(12-9-15-29(32)40-35(42)28(18-19-38)34(39-4)23-10-7-11-23)26-13-8-14-27(33(26)37)30-20-24-17-16-22(3)31(24)36(41-30)43-5;1-7-13(6)10-11-15(8-2,9-3)16-14(17)12(4)5;1-2/h8-9,12-15,18,20-22,39H,6-7,10-11,16-17,19,38H2,1-5H3,(H,40,42);12-13H,7-11H2,1-6H3,(H,16,17);1-2H3/b28-18+;;/t;13-;/m.1./s1. The van der Waals surface area contributed by atoms with Gasteiger partial charge in [0, 0.05) is 53.1 Å². The fourth-order valence-corrected chi connectivity index (χ4v) is 8.73. The monoisotopic (exact) mass is 870 g/mol. The summed E-state index contributed by atoms with van der Waals surface area (Å²) in [5.74, 6) is 2.14. The van der Waals surface area contributed by atoms with Gasteiger partial charge >= 0.3 is 0 Å². The topological polar surface area (TPSA) is 118 Å². The van der Waals surface area contributed by atoms with Gasteiger partial charge in [0.2, 0.25) is 11.8 Å². The van der Waals surface area contributed by atoms with Crippen molar-refractivity contribution in [2.45, 2.75) is 164 Å². The second-order valence-corrected chi connectivity index (χ2v) is 17.7. The van der Waals surface area contributed by atoms with Gasteiger partial charge in [0.25, 0.3) is 5.91 Å². The van der Waals surface area contributed by atoms with Crippen molar-refractivity contribution in [1.82, 2.24) is 15.6 Å². The molecule has 3 atom stereocenters. The molecule has 0 radical (unpaired) electrons. The number of nitrogens with two attached hydrogens (primary N) is 1. The van der Waals surface area contributed by atoms with E-state index in [-0.39, 0.29) is 35.7 Å². The number of anilines is 1. The van der Waals surface area contributed by atoms with Crippen LogP contribution in [0.1, 0.15) is 169 Å². The minimum atomic E-state index is -0.167. The third-order valence-electron chi connectivity index (χ3n) is 13.1. The first-order chi connectivity index (χ1) is 29.7. The Bertz CT molecular complexity index is 1990. The number of likely N-dealkylation sites (N-methyl/N-ethyl adjacent to an activating group) is 1. The van der Waals surface area contributed by atoms with Crippen LogP contribution in [0.25, 0.3) is 22.4 Å². The minimum absolute atomic E-state index is 0.0186. The third kappa shape index (κ3) is 12.7. The van der Waals surface area contributed by atoms with Crippen LogP contribution in [-0.2, 0) is 16.0 Å². The molecule has 0 bridgehead atoms. The molecule has 2 unspecified atom stereocenters. The third-order valence-corrected chi connectivity index (χ3v) is 13.5. The van der Waals surface area contributed by atoms with Gasteiger partial charge in [0.05, 0.1) is 23.4 Å². The van der Waals surface area contributed by atoms with Crippen molar-refractivity contribution in [2.75, 3.05) is 26.0 Å². The van der Waals surface area contributed by atoms with Gasteiger partial charge in [0.15, 0.2) is 0 Å². The van der Waals surface area contributed by atoms with E-state index in [0.29, 0.717) is 22.4 Å². The predicted octanol–water partition coefficient (Wildman–Crippen LogP) is 13.3. The molecule has 5 N–H and O–H groups in total. The Kier molecular flexibility index (Phi) is 21.2. The first-order valence-electron chi connectivity index (χ1n) is 23.7. The second-order valence-electron chi connectivity index (χ2n) is 17.3. The fourth-order valence-electron chi connectivity index (χ4n) is 8.40. The summed E-state index contributed by atoms with van der Waals surface area (Å²) in [6.07, 6.45) is 13.5. The molecule has 2 aliphatic rings. The lowest BCUT2D eigenvalue weighted by atomic mass is 9.84. The van der Waals surface area contributed by atoms with E-state index in [1.807, 2.05) is 65.1 Å². The number of nitrogens with one attached hydrogen (secondary N) is 3. The zero-order valence-electron chi connectivity index (χ0n) is 40.5. The Labute approximate surface area is 380 Å². The van der Waals surface area contributed by atoms with Crippen LogP contribution >= 0.6 is 11.6 Å². The Morgan fingerprint density at radius 3 is 2.16 bits per heavy atom. The van der Waals surface area contributed by atoms with Crippen molar-refractivity contribution in [3.05, 3.63) is 87.1 Å². The van der Waals surface area contributed by atoms with Gasteiger partial charge in [-0.2, -0.15) is 0 Å². The van der Waals surface area contributed by atoms with Gasteiger partial charge < -0.3 is 26.4 Å². The Morgan fingerprint density at radius 2 is 1.61 bits per heavy atom. The smallest absolute Gasteiger partial charge is 0.257 e. The zero-order chi connectivity index (χ0) is 46.1. The fraction of sp³-hybridized carbons (Fsp3) is 0.566. The highest BCUT2D eigenvalue weighted by Gasteiger charge is 2.30. The zero-order valence-corrected chi connectivity index (χ0v) is 41.3. The lowest BCUT2D eigenvalue weighted by Gasteiger charge is -2.34. The molecule has 0 saturated heterocycles. The van der Waals surface area contributed by atoms with E-state index in [4.69, 9.17) is 27.1 Å². The van der Waals surface area contributed by atoms with Crippen molar-refractivity contribution in [3.8, 4) is 28.3 Å². The Balaban J connectivity index is 0.000000455. The van der Waals surface area contributed by atoms with Gasteiger partial charge in [-0.25, -0.2) is 4.98 Å². The van der Waals surface area contributed by atoms with E-state index in [1.165, 1.54) is 29.5 Å². The summed E-state index contributed by atoms with van der Waals surface area (Å²) in [5.41, 5.74) is 16.6. The average Bonchev–Trinajstić information content (AvgIpc) is 3.65. The molecule has 1 aromatic heterocycles. The highest BCUT2D eigenvalue weighted by Crippen LogP contribution is 2.45. The van der Waals surface area contributed by atoms with Crippen molar-refractivity contribution in [3.63, 3.8) is 0 Å². The number of hydrogen-bond donors (Lipinski definition) is 4. The largest absolute Gasteiger partial charge is 0.481 e. The number of amides is 2. The number of rotatable bonds is 18. The van der Waals surface area contributed by atoms with Crippen molar-refractivity contribution in [2.24, 2.45) is 17.6 Å². The molecule has 2 aromatic carbocycles. The Morgan fingerprint density at radius 1 is 0.968 bits per heavy atom. The molecule has 3 aromatic rings. The molecule has 1 saturated carbocycles. The highest BCUT2D eigenvalue weighted by atomic mass is 35.5. The van der Waals surface area contributed by atoms with E-state index in [9.17, 15) is 9.59 Å². The van der Waals surface area contributed by atoms with Gasteiger partial charge in [-0.15, -0.1) is 0 Å². The summed E-state index contributed by atoms with van der Waals surface area (Å²) in [7, 11) is 3.55. The van der Waals surface area contributed by atoms with Crippen molar-refractivity contribution < 1.29 is 14.3 Å². The molecule has 342 valence electrons. The SMILES string of the molecule is CC.CCC(C)c1c(NC(=O)/C(=C/CN)C(NC)=C2CCC2)cccc1-c1cccc(-c2cc3c(c(OC)n2)C(C)CC3)c1Cl.CC[C@@H](C)CCC(CC)(CC)NC(=O)C(C)C. The maximum Gasteiger partial charge on any atom is 0.257 e. The number of hydrogen-bond acceptors (Lipinski definition) is 6. The number of pyridine rings is 1. The molecule has 1 fully saturated rings. The summed E-state index contributed by atoms with van der Waals surface area (Å²) < 4.78 is 5.73. The molecule has 0 aliphatic heterocycles. The summed E-state index contributed by atoms with van der Waals surface area (Å²) in [6.45, 7) is 23.7. The van der Waals surface area contributed by atoms with Gasteiger partial charge in [-0.3, -0.25) is 9.59 Å². The minimum Gasteiger partial charge on any atom is -0.481 e. The van der Waals surface area contributed by atoms with Crippen LogP contribution in [0.5, 0.6) is 5.88 Å². The molecule has 1 heterocycles. The van der Waals surface area contributed by atoms with Crippen molar-refractivity contribution >= 4 is 29.1 Å². The number of carbonyl (C=O) groups excluding carboxylic acids is 2. The van der Waals surface area contributed by atoms with E-state index in [2.05, 4.69) is 76.5 Å². The van der Waals surface area contributed by atoms with Crippen LogP contribution in [0.3, 0.4) is 0 Å². The number of ether oxygens (including phenoxy) is 1. The number of aromatic nitrogens is 1. The summed E-state index contributed by atoms with van der Waals surface area (Å²) in [6, 6.07) is 14.3. The van der Waals surface area contributed by atoms with Crippen molar-refractivity contribution in [1.29, 1.82) is 0 Å². The number of allylic oxidation sites excluding steroid dienone is 1. The molecule has 5 rings (SSSR count). The lowest BCUT2D eigenvalue weighted by Crippen LogP contribution is -2.49. The average molecular weight is 871 g/mol. The van der Waals surface area contributed by atoms with Gasteiger partial charge in [-0.1, -0.05) is 131 Å². The van der Waals surface area contributed by atoms with Crippen LogP contribution in [0.15, 0.2) is 65.4 Å². The number of halogens is 1. The Hall–Kier alpha value is -4.14. The normalized spacial score (nSPS) is 15.5. The summed E-state index contributed by atoms with van der Waals surface area (Å²) in [5, 5.41) is 10.4. The van der Waals surface area contributed by atoms with Gasteiger partial charge in [0.1, 0.15) is 0 Å². The molecular weight excluding hydrogens is 790 g/mol. The van der Waals surface area contributed by atoms with Crippen LogP contribution in [0, 0.1) is 11.8 Å². The molecule has 2 aliphatic carbocycles. The quantitative estimate of drug-likeness (QED) is 0.0946. The van der Waals surface area contributed by atoms with Crippen LogP contribution in [0.4, 0.5) is 5.69 Å².